The fraction of sp³-hybridized carbons (Fsp3) is 0.360. The average molecular weight is 485 g/mol. The largest absolute Gasteiger partial charge is 0.480 e. The second kappa shape index (κ2) is 10.9. The van der Waals surface area contributed by atoms with Crippen molar-refractivity contribution in [3.63, 3.8) is 0 Å². The Kier molecular flexibility index (Phi) is 7.95. The summed E-state index contributed by atoms with van der Waals surface area (Å²) in [5.41, 5.74) is 3.47. The van der Waals surface area contributed by atoms with Gasteiger partial charge in [0, 0.05) is 5.92 Å². The van der Waals surface area contributed by atoms with Crippen molar-refractivity contribution in [2.75, 3.05) is 19.8 Å². The minimum absolute atomic E-state index is 0.0792. The highest BCUT2D eigenvalue weighted by molar-refractivity contribution is 5.82. The van der Waals surface area contributed by atoms with Crippen LogP contribution in [0, 0.1) is 0 Å². The minimum atomic E-state index is -1.51. The molecule has 1 aliphatic carbocycles. The summed E-state index contributed by atoms with van der Waals surface area (Å²) >= 11 is 0. The van der Waals surface area contributed by atoms with Gasteiger partial charge in [-0.3, -0.25) is 4.79 Å². The van der Waals surface area contributed by atoms with E-state index in [-0.39, 0.29) is 12.5 Å². The third-order valence-electron chi connectivity index (χ3n) is 5.12. The summed E-state index contributed by atoms with van der Waals surface area (Å²) in [7, 11) is 0. The van der Waals surface area contributed by atoms with E-state index in [0.717, 1.165) is 22.3 Å². The van der Waals surface area contributed by atoms with E-state index < -0.39 is 48.9 Å². The van der Waals surface area contributed by atoms with Crippen LogP contribution in [0.1, 0.15) is 37.8 Å². The first-order valence-corrected chi connectivity index (χ1v) is 11.0. The molecule has 2 aromatic rings. The maximum atomic E-state index is 12.1. The summed E-state index contributed by atoms with van der Waals surface area (Å²) in [6, 6.07) is 14.3. The van der Waals surface area contributed by atoms with Crippen LogP contribution < -0.4 is 10.6 Å². The molecule has 186 valence electrons. The van der Waals surface area contributed by atoms with Crippen molar-refractivity contribution in [3.8, 4) is 11.1 Å². The number of amides is 2. The van der Waals surface area contributed by atoms with Crippen molar-refractivity contribution in [2.24, 2.45) is 0 Å². The number of alkyl carbamates (subject to hydrolysis) is 2. The highest BCUT2D eigenvalue weighted by Gasteiger charge is 2.29. The Labute approximate surface area is 202 Å². The van der Waals surface area contributed by atoms with Crippen LogP contribution >= 0.6 is 0 Å². The summed E-state index contributed by atoms with van der Waals surface area (Å²) < 4.78 is 15.2. The molecule has 0 saturated heterocycles. The second-order valence-corrected chi connectivity index (χ2v) is 8.90. The Morgan fingerprint density at radius 1 is 0.914 bits per heavy atom. The van der Waals surface area contributed by atoms with Crippen LogP contribution in [-0.2, 0) is 23.8 Å². The van der Waals surface area contributed by atoms with Crippen LogP contribution in [0.15, 0.2) is 48.5 Å². The lowest BCUT2D eigenvalue weighted by Gasteiger charge is -2.21. The van der Waals surface area contributed by atoms with Gasteiger partial charge in [0.25, 0.3) is 0 Å². The number of carboxylic acid groups (broad SMARTS) is 1. The molecule has 2 aromatic carbocycles. The van der Waals surface area contributed by atoms with E-state index in [1.807, 2.05) is 48.5 Å². The van der Waals surface area contributed by atoms with Gasteiger partial charge in [-0.1, -0.05) is 48.5 Å². The molecule has 0 bridgehead atoms. The SMILES string of the molecule is CC(C)(C)OC(=O)N[C@H](COC(=O)CNC(=O)OCC1c2ccccc2-c2ccccc21)C(=O)O. The molecule has 0 saturated carbocycles. The lowest BCUT2D eigenvalue weighted by atomic mass is 9.98. The molecular weight excluding hydrogens is 456 g/mol. The molecule has 0 fully saturated rings. The molecule has 3 rings (SSSR count). The molecule has 2 amide bonds. The van der Waals surface area contributed by atoms with Crippen molar-refractivity contribution in [1.29, 1.82) is 0 Å². The quantitative estimate of drug-likeness (QED) is 0.384. The number of carboxylic acids is 1. The Hall–Kier alpha value is -4.08. The molecule has 0 aliphatic heterocycles. The van der Waals surface area contributed by atoms with Gasteiger partial charge >= 0.3 is 24.1 Å². The minimum Gasteiger partial charge on any atom is -0.480 e. The lowest BCUT2D eigenvalue weighted by molar-refractivity contribution is -0.148. The average Bonchev–Trinajstić information content (AvgIpc) is 3.11. The van der Waals surface area contributed by atoms with Crippen LogP contribution in [-0.4, -0.2) is 60.6 Å². The molecule has 10 heteroatoms. The van der Waals surface area contributed by atoms with E-state index in [1.54, 1.807) is 20.8 Å². The van der Waals surface area contributed by atoms with E-state index in [4.69, 9.17) is 14.2 Å². The van der Waals surface area contributed by atoms with Crippen LogP contribution in [0.2, 0.25) is 0 Å². The van der Waals surface area contributed by atoms with Crippen molar-refractivity contribution in [2.45, 2.75) is 38.3 Å². The lowest BCUT2D eigenvalue weighted by Crippen LogP contribution is -2.46. The van der Waals surface area contributed by atoms with Gasteiger partial charge in [-0.25, -0.2) is 14.4 Å². The van der Waals surface area contributed by atoms with Crippen molar-refractivity contribution in [1.82, 2.24) is 10.6 Å². The van der Waals surface area contributed by atoms with Gasteiger partial charge in [0.1, 0.15) is 25.4 Å². The Bertz CT molecular complexity index is 1060. The number of aliphatic carboxylic acids is 1. The zero-order chi connectivity index (χ0) is 25.6. The molecule has 1 atom stereocenters. The molecule has 0 heterocycles. The summed E-state index contributed by atoms with van der Waals surface area (Å²) in [4.78, 5) is 47.2. The summed E-state index contributed by atoms with van der Waals surface area (Å²) in [5, 5.41) is 13.6. The summed E-state index contributed by atoms with van der Waals surface area (Å²) in [6.45, 7) is 3.77. The van der Waals surface area contributed by atoms with Crippen molar-refractivity contribution in [3.05, 3.63) is 59.7 Å². The second-order valence-electron chi connectivity index (χ2n) is 8.90. The summed E-state index contributed by atoms with van der Waals surface area (Å²) in [6.07, 6.45) is -1.77. The maximum absolute atomic E-state index is 12.1. The standard InChI is InChI=1S/C25H28N2O8/c1-25(2,3)35-24(32)27-20(22(29)30)14-33-21(28)12-26-23(31)34-13-19-17-10-6-4-8-15(17)16-9-5-7-11-18(16)19/h4-11,19-20H,12-14H2,1-3H3,(H,26,31)(H,27,32)(H,29,30)/t20-/m1/s1. The first-order chi connectivity index (χ1) is 16.5. The van der Waals surface area contributed by atoms with Crippen LogP contribution in [0.3, 0.4) is 0 Å². The highest BCUT2D eigenvalue weighted by Crippen LogP contribution is 2.44. The van der Waals surface area contributed by atoms with Gasteiger partial charge < -0.3 is 30.0 Å². The Balaban J connectivity index is 1.45. The third-order valence-corrected chi connectivity index (χ3v) is 5.12. The molecule has 0 spiro atoms. The van der Waals surface area contributed by atoms with Gasteiger partial charge in [0.2, 0.25) is 0 Å². The predicted molar refractivity (Wildman–Crippen MR) is 125 cm³/mol. The van der Waals surface area contributed by atoms with Crippen molar-refractivity contribution >= 4 is 24.1 Å². The highest BCUT2D eigenvalue weighted by atomic mass is 16.6. The molecule has 10 nitrogen and oxygen atoms in total. The molecular formula is C25H28N2O8. The number of esters is 1. The van der Waals surface area contributed by atoms with Gasteiger partial charge in [-0.2, -0.15) is 0 Å². The molecule has 0 unspecified atom stereocenters. The molecule has 35 heavy (non-hydrogen) atoms. The van der Waals surface area contributed by atoms with Gasteiger partial charge in [0.05, 0.1) is 0 Å². The Morgan fingerprint density at radius 2 is 1.49 bits per heavy atom. The fourth-order valence-electron chi connectivity index (χ4n) is 3.65. The van der Waals surface area contributed by atoms with E-state index in [9.17, 15) is 24.3 Å². The zero-order valence-corrected chi connectivity index (χ0v) is 19.7. The zero-order valence-electron chi connectivity index (χ0n) is 19.7. The maximum Gasteiger partial charge on any atom is 0.408 e. The predicted octanol–water partition coefficient (Wildman–Crippen LogP) is 3.05. The van der Waals surface area contributed by atoms with Gasteiger partial charge in [0.15, 0.2) is 6.04 Å². The molecule has 0 radical (unpaired) electrons. The van der Waals surface area contributed by atoms with Gasteiger partial charge in [-0.15, -0.1) is 0 Å². The topological polar surface area (TPSA) is 140 Å². The summed E-state index contributed by atoms with van der Waals surface area (Å²) in [5.74, 6) is -2.43. The molecule has 3 N–H and O–H groups in total. The van der Waals surface area contributed by atoms with Crippen molar-refractivity contribution < 1.29 is 38.5 Å². The number of benzene rings is 2. The number of rotatable bonds is 8. The molecule has 1 aliphatic rings. The fourth-order valence-corrected chi connectivity index (χ4v) is 3.65. The van der Waals surface area contributed by atoms with E-state index in [2.05, 4.69) is 10.6 Å². The number of fused-ring (bicyclic) bond motifs is 3. The van der Waals surface area contributed by atoms with Crippen LogP contribution in [0.25, 0.3) is 11.1 Å². The van der Waals surface area contributed by atoms with E-state index in [1.165, 1.54) is 0 Å². The number of hydrogen-bond donors (Lipinski definition) is 3. The van der Waals surface area contributed by atoms with Crippen LogP contribution in [0.5, 0.6) is 0 Å². The first kappa shape index (κ1) is 25.5. The third kappa shape index (κ3) is 6.95. The van der Waals surface area contributed by atoms with Crippen LogP contribution in [0.4, 0.5) is 9.59 Å². The first-order valence-electron chi connectivity index (χ1n) is 11.0. The van der Waals surface area contributed by atoms with E-state index in [0.29, 0.717) is 0 Å². The number of nitrogens with one attached hydrogen (secondary N) is 2. The van der Waals surface area contributed by atoms with E-state index >= 15 is 0 Å². The number of carbonyl (C=O) groups is 4. The monoisotopic (exact) mass is 484 g/mol. The molecule has 0 aromatic heterocycles. The van der Waals surface area contributed by atoms with Gasteiger partial charge in [-0.05, 0) is 43.0 Å². The number of carbonyl (C=O) groups excluding carboxylic acids is 3. The number of ether oxygens (including phenoxy) is 3. The number of hydrogen-bond acceptors (Lipinski definition) is 7. The normalized spacial score (nSPS) is 13.1. The smallest absolute Gasteiger partial charge is 0.408 e. The Morgan fingerprint density at radius 3 is 2.03 bits per heavy atom.